The van der Waals surface area contributed by atoms with Crippen molar-refractivity contribution in [2.24, 2.45) is 0 Å². The second-order valence-corrected chi connectivity index (χ2v) is 5.52. The van der Waals surface area contributed by atoms with Gasteiger partial charge in [0.25, 0.3) is 5.91 Å². The first kappa shape index (κ1) is 14.0. The predicted molar refractivity (Wildman–Crippen MR) is 68.0 cm³/mol. The van der Waals surface area contributed by atoms with Gasteiger partial charge in [-0.3, -0.25) is 4.79 Å². The lowest BCUT2D eigenvalue weighted by Gasteiger charge is -2.18. The lowest BCUT2D eigenvalue weighted by atomic mass is 10.1. The summed E-state index contributed by atoms with van der Waals surface area (Å²) >= 11 is 3.40. The molecule has 0 radical (unpaired) electrons. The minimum Gasteiger partial charge on any atom is -0.507 e. The zero-order chi connectivity index (χ0) is 13.0. The molecule has 0 aliphatic rings. The summed E-state index contributed by atoms with van der Waals surface area (Å²) in [5.74, 6) is -1.19. The number of carbonyl (C=O) groups is 1. The molecule has 0 saturated heterocycles. The number of benzene rings is 1. The van der Waals surface area contributed by atoms with Crippen LogP contribution < -0.4 is 0 Å². The number of rotatable bonds is 4. The smallest absolute Gasteiger partial charge is 0.257 e. The van der Waals surface area contributed by atoms with E-state index in [1.54, 1.807) is 7.05 Å². The highest BCUT2D eigenvalue weighted by Crippen LogP contribution is 2.19. The zero-order valence-electron chi connectivity index (χ0n) is 9.78. The Morgan fingerprint density at radius 1 is 1.59 bits per heavy atom. The summed E-state index contributed by atoms with van der Waals surface area (Å²) < 4.78 is 12.8. The zero-order valence-corrected chi connectivity index (χ0v) is 11.4. The molecule has 0 aliphatic heterocycles. The van der Waals surface area contributed by atoms with Crippen LogP contribution in [0.5, 0.6) is 5.75 Å². The second kappa shape index (κ2) is 6.00. The van der Waals surface area contributed by atoms with Crippen molar-refractivity contribution in [1.29, 1.82) is 0 Å². The molecule has 1 atom stereocenters. The van der Waals surface area contributed by atoms with Crippen molar-refractivity contribution < 1.29 is 14.3 Å². The van der Waals surface area contributed by atoms with E-state index in [1.165, 1.54) is 11.0 Å². The standard InChI is InChI=1S/C12H15BrFNO2/c1-8(13)5-6-15(2)12(17)10-4-3-9(14)7-11(10)16/h3-4,7-8,16H,5-6H2,1-2H3. The molecule has 1 N–H and O–H groups in total. The molecule has 1 aromatic carbocycles. The first-order valence-electron chi connectivity index (χ1n) is 5.30. The molecule has 0 heterocycles. The molecule has 1 amide bonds. The number of hydrogen-bond acceptors (Lipinski definition) is 2. The van der Waals surface area contributed by atoms with E-state index >= 15 is 0 Å². The highest BCUT2D eigenvalue weighted by molar-refractivity contribution is 9.09. The van der Waals surface area contributed by atoms with Crippen LogP contribution in [0.3, 0.4) is 0 Å². The van der Waals surface area contributed by atoms with Gasteiger partial charge >= 0.3 is 0 Å². The predicted octanol–water partition coefficient (Wildman–Crippen LogP) is 2.78. The van der Waals surface area contributed by atoms with Crippen LogP contribution in [0.4, 0.5) is 4.39 Å². The summed E-state index contributed by atoms with van der Waals surface area (Å²) in [6.07, 6.45) is 0.810. The Morgan fingerprint density at radius 2 is 2.24 bits per heavy atom. The van der Waals surface area contributed by atoms with Gasteiger partial charge in [-0.25, -0.2) is 4.39 Å². The Labute approximate surface area is 108 Å². The summed E-state index contributed by atoms with van der Waals surface area (Å²) in [5.41, 5.74) is 0.121. The van der Waals surface area contributed by atoms with Gasteiger partial charge in [-0.15, -0.1) is 0 Å². The molecule has 0 saturated carbocycles. The number of alkyl halides is 1. The number of hydrogen-bond donors (Lipinski definition) is 1. The van der Waals surface area contributed by atoms with Crippen molar-refractivity contribution in [2.75, 3.05) is 13.6 Å². The minimum absolute atomic E-state index is 0.121. The number of phenols is 1. The molecule has 0 aliphatic carbocycles. The topological polar surface area (TPSA) is 40.5 Å². The van der Waals surface area contributed by atoms with Crippen molar-refractivity contribution in [3.8, 4) is 5.75 Å². The Balaban J connectivity index is 2.75. The number of amides is 1. The summed E-state index contributed by atoms with van der Waals surface area (Å²) in [7, 11) is 1.65. The molecule has 17 heavy (non-hydrogen) atoms. The lowest BCUT2D eigenvalue weighted by Crippen LogP contribution is -2.28. The molecular formula is C12H15BrFNO2. The molecule has 5 heteroatoms. The average Bonchev–Trinajstić information content (AvgIpc) is 2.25. The molecule has 1 rings (SSSR count). The quantitative estimate of drug-likeness (QED) is 0.869. The number of phenolic OH excluding ortho intramolecular Hbond substituents is 1. The van der Waals surface area contributed by atoms with E-state index in [0.29, 0.717) is 11.4 Å². The number of halogens is 2. The summed E-state index contributed by atoms with van der Waals surface area (Å²) in [5, 5.41) is 9.49. The van der Waals surface area contributed by atoms with Gasteiger partial charge in [-0.2, -0.15) is 0 Å². The fourth-order valence-corrected chi connectivity index (χ4v) is 1.57. The Morgan fingerprint density at radius 3 is 2.76 bits per heavy atom. The van der Waals surface area contributed by atoms with E-state index in [2.05, 4.69) is 15.9 Å². The number of carbonyl (C=O) groups excluding carboxylic acids is 1. The third-order valence-corrected chi connectivity index (χ3v) is 2.86. The van der Waals surface area contributed by atoms with Gasteiger partial charge in [0.15, 0.2) is 0 Å². The van der Waals surface area contributed by atoms with Crippen molar-refractivity contribution in [1.82, 2.24) is 4.90 Å². The van der Waals surface area contributed by atoms with Gasteiger partial charge in [-0.05, 0) is 18.6 Å². The van der Waals surface area contributed by atoms with Gasteiger partial charge < -0.3 is 10.0 Å². The van der Waals surface area contributed by atoms with Crippen LogP contribution in [0.2, 0.25) is 0 Å². The first-order valence-corrected chi connectivity index (χ1v) is 6.21. The summed E-state index contributed by atoms with van der Waals surface area (Å²) in [4.78, 5) is 13.7. The maximum Gasteiger partial charge on any atom is 0.257 e. The van der Waals surface area contributed by atoms with Gasteiger partial charge in [-0.1, -0.05) is 22.9 Å². The monoisotopic (exact) mass is 303 g/mol. The second-order valence-electron chi connectivity index (χ2n) is 3.96. The molecule has 3 nitrogen and oxygen atoms in total. The Bertz CT molecular complexity index is 409. The van der Waals surface area contributed by atoms with Gasteiger partial charge in [0.2, 0.25) is 0 Å². The number of nitrogens with zero attached hydrogens (tertiary/aromatic N) is 1. The van der Waals surface area contributed by atoms with Crippen molar-refractivity contribution in [3.63, 3.8) is 0 Å². The van der Waals surface area contributed by atoms with Gasteiger partial charge in [0.05, 0.1) is 5.56 Å². The minimum atomic E-state index is -0.559. The van der Waals surface area contributed by atoms with E-state index in [0.717, 1.165) is 18.6 Å². The van der Waals surface area contributed by atoms with E-state index < -0.39 is 5.82 Å². The lowest BCUT2D eigenvalue weighted by molar-refractivity contribution is 0.0791. The molecule has 0 bridgehead atoms. The highest BCUT2D eigenvalue weighted by Gasteiger charge is 2.16. The van der Waals surface area contributed by atoms with E-state index in [-0.39, 0.29) is 17.2 Å². The Kier molecular flexibility index (Phi) is 4.93. The fourth-order valence-electron chi connectivity index (χ4n) is 1.36. The van der Waals surface area contributed by atoms with Crippen LogP contribution in [0.25, 0.3) is 0 Å². The van der Waals surface area contributed by atoms with Crippen LogP contribution in [0, 0.1) is 5.82 Å². The first-order chi connectivity index (χ1) is 7.91. The molecule has 1 aromatic rings. The summed E-state index contributed by atoms with van der Waals surface area (Å²) in [6, 6.07) is 3.39. The van der Waals surface area contributed by atoms with Crippen LogP contribution in [0.1, 0.15) is 23.7 Å². The third-order valence-electron chi connectivity index (χ3n) is 2.40. The van der Waals surface area contributed by atoms with E-state index in [1.807, 2.05) is 6.92 Å². The van der Waals surface area contributed by atoms with Crippen LogP contribution >= 0.6 is 15.9 Å². The average molecular weight is 304 g/mol. The Hall–Kier alpha value is -1.10. The van der Waals surface area contributed by atoms with Crippen molar-refractivity contribution in [2.45, 2.75) is 18.2 Å². The molecule has 1 unspecified atom stereocenters. The highest BCUT2D eigenvalue weighted by atomic mass is 79.9. The number of aromatic hydroxyl groups is 1. The van der Waals surface area contributed by atoms with E-state index in [9.17, 15) is 14.3 Å². The SMILES string of the molecule is CC(Br)CCN(C)C(=O)c1ccc(F)cc1O. The summed E-state index contributed by atoms with van der Waals surface area (Å²) in [6.45, 7) is 2.57. The normalized spacial score (nSPS) is 12.2. The third kappa shape index (κ3) is 4.00. The molecule has 0 spiro atoms. The fraction of sp³-hybridized carbons (Fsp3) is 0.417. The van der Waals surface area contributed by atoms with Crippen LogP contribution in [-0.4, -0.2) is 34.3 Å². The van der Waals surface area contributed by atoms with Crippen molar-refractivity contribution in [3.05, 3.63) is 29.6 Å². The van der Waals surface area contributed by atoms with Gasteiger partial charge in [0.1, 0.15) is 11.6 Å². The van der Waals surface area contributed by atoms with Gasteiger partial charge in [0, 0.05) is 24.5 Å². The molecule has 0 aromatic heterocycles. The van der Waals surface area contributed by atoms with Crippen molar-refractivity contribution >= 4 is 21.8 Å². The van der Waals surface area contributed by atoms with Crippen LogP contribution in [0.15, 0.2) is 18.2 Å². The maximum absolute atomic E-state index is 12.8. The molecule has 94 valence electrons. The van der Waals surface area contributed by atoms with E-state index in [4.69, 9.17) is 0 Å². The molecule has 0 fully saturated rings. The van der Waals surface area contributed by atoms with Crippen LogP contribution in [-0.2, 0) is 0 Å². The largest absolute Gasteiger partial charge is 0.507 e. The maximum atomic E-state index is 12.8. The molecular weight excluding hydrogens is 289 g/mol.